The van der Waals surface area contributed by atoms with E-state index in [1.165, 1.54) is 199 Å². The predicted octanol–water partition coefficient (Wildman–Crippen LogP) is 13.3. The average molecular weight is 666 g/mol. The van der Waals surface area contributed by atoms with Crippen molar-refractivity contribution in [3.05, 3.63) is 0 Å². The van der Waals surface area contributed by atoms with E-state index in [-0.39, 0.29) is 12.5 Å². The van der Waals surface area contributed by atoms with E-state index in [0.717, 1.165) is 25.7 Å². The number of carbonyl (C=O) groups excluding carboxylic acids is 1. The van der Waals surface area contributed by atoms with Crippen LogP contribution in [0, 0.1) is 0 Å². The number of nitrogens with one attached hydrogen (secondary N) is 1. The Labute approximate surface area is 295 Å². The fourth-order valence-electron chi connectivity index (χ4n) is 7.01. The summed E-state index contributed by atoms with van der Waals surface area (Å²) in [5.41, 5.74) is 0. The lowest BCUT2D eigenvalue weighted by molar-refractivity contribution is -0.123. The summed E-state index contributed by atoms with van der Waals surface area (Å²) in [5, 5.41) is 22.8. The highest BCUT2D eigenvalue weighted by Gasteiger charge is 2.19. The van der Waals surface area contributed by atoms with Crippen molar-refractivity contribution in [2.75, 3.05) is 6.61 Å². The van der Waals surface area contributed by atoms with Crippen molar-refractivity contribution >= 4 is 5.91 Å². The van der Waals surface area contributed by atoms with Gasteiger partial charge in [0.2, 0.25) is 5.91 Å². The van der Waals surface area contributed by atoms with Crippen molar-refractivity contribution in [1.29, 1.82) is 0 Å². The molecule has 0 spiro atoms. The highest BCUT2D eigenvalue weighted by atomic mass is 16.3. The normalized spacial score (nSPS) is 12.9. The molecule has 3 N–H and O–H groups in total. The molecule has 0 aliphatic carbocycles. The Balaban J connectivity index is 3.28. The van der Waals surface area contributed by atoms with Gasteiger partial charge < -0.3 is 15.5 Å². The second-order valence-corrected chi connectivity index (χ2v) is 15.1. The third kappa shape index (κ3) is 36.5. The first-order valence-electron chi connectivity index (χ1n) is 21.7. The Morgan fingerprint density at radius 1 is 0.426 bits per heavy atom. The van der Waals surface area contributed by atoms with Crippen molar-refractivity contribution in [2.45, 2.75) is 264 Å². The van der Waals surface area contributed by atoms with Crippen LogP contribution in [0.5, 0.6) is 0 Å². The summed E-state index contributed by atoms with van der Waals surface area (Å²) in [6, 6.07) is -0.526. The molecule has 4 nitrogen and oxygen atoms in total. The number of rotatable bonds is 40. The van der Waals surface area contributed by atoms with E-state index < -0.39 is 12.1 Å². The van der Waals surface area contributed by atoms with E-state index >= 15 is 0 Å². The fraction of sp³-hybridized carbons (Fsp3) is 0.977. The lowest BCUT2D eigenvalue weighted by Crippen LogP contribution is -2.45. The van der Waals surface area contributed by atoms with Crippen LogP contribution in [-0.4, -0.2) is 34.9 Å². The summed E-state index contributed by atoms with van der Waals surface area (Å²) in [7, 11) is 0. The SMILES string of the molecule is CCCCCCCCCCCCCCCCCCCCCCCCCCCCCCCCC(=O)NC(CO)C(O)CCCCCCC. The molecular formula is C43H87NO3. The minimum absolute atomic E-state index is 0.0331. The quantitative estimate of drug-likeness (QED) is 0.0570. The van der Waals surface area contributed by atoms with Gasteiger partial charge in [0, 0.05) is 6.42 Å². The van der Waals surface area contributed by atoms with E-state index in [4.69, 9.17) is 0 Å². The molecule has 2 unspecified atom stereocenters. The topological polar surface area (TPSA) is 69.6 Å². The minimum Gasteiger partial charge on any atom is -0.394 e. The third-order valence-electron chi connectivity index (χ3n) is 10.4. The smallest absolute Gasteiger partial charge is 0.220 e. The molecule has 0 aromatic carbocycles. The third-order valence-corrected chi connectivity index (χ3v) is 10.4. The van der Waals surface area contributed by atoms with Crippen LogP contribution in [0.4, 0.5) is 0 Å². The molecule has 0 aliphatic rings. The molecule has 0 aliphatic heterocycles. The summed E-state index contributed by atoms with van der Waals surface area (Å²) in [4.78, 5) is 12.3. The lowest BCUT2D eigenvalue weighted by atomic mass is 10.0. The van der Waals surface area contributed by atoms with Crippen molar-refractivity contribution in [3.63, 3.8) is 0 Å². The van der Waals surface area contributed by atoms with Gasteiger partial charge in [0.05, 0.1) is 18.8 Å². The van der Waals surface area contributed by atoms with Crippen LogP contribution in [0.2, 0.25) is 0 Å². The first-order valence-corrected chi connectivity index (χ1v) is 21.7. The van der Waals surface area contributed by atoms with Gasteiger partial charge in [-0.1, -0.05) is 232 Å². The molecule has 0 fully saturated rings. The van der Waals surface area contributed by atoms with Crippen LogP contribution >= 0.6 is 0 Å². The second kappa shape index (κ2) is 39.8. The van der Waals surface area contributed by atoms with E-state index in [2.05, 4.69) is 19.2 Å². The Kier molecular flexibility index (Phi) is 39.3. The molecule has 0 radical (unpaired) electrons. The molecule has 1 amide bonds. The number of aliphatic hydroxyl groups excluding tert-OH is 2. The first-order chi connectivity index (χ1) is 23.2. The Bertz CT molecular complexity index is 598. The van der Waals surface area contributed by atoms with Crippen molar-refractivity contribution < 1.29 is 15.0 Å². The van der Waals surface area contributed by atoms with Gasteiger partial charge in [-0.25, -0.2) is 0 Å². The average Bonchev–Trinajstić information content (AvgIpc) is 3.07. The predicted molar refractivity (Wildman–Crippen MR) is 207 cm³/mol. The van der Waals surface area contributed by atoms with Crippen LogP contribution in [-0.2, 0) is 4.79 Å². The molecule has 0 aromatic rings. The number of hydrogen-bond donors (Lipinski definition) is 3. The van der Waals surface area contributed by atoms with Crippen LogP contribution in [0.25, 0.3) is 0 Å². The standard InChI is InChI=1S/C43H87NO3/c1-3-5-7-9-10-11-12-13-14-15-16-17-18-19-20-21-22-23-24-25-26-27-28-29-30-31-32-33-35-37-39-43(47)44-41(40-45)42(46)38-36-34-8-6-4-2/h41-42,45-46H,3-40H2,1-2H3,(H,44,47). The number of hydrogen-bond acceptors (Lipinski definition) is 3. The van der Waals surface area contributed by atoms with Gasteiger partial charge in [-0.15, -0.1) is 0 Å². The summed E-state index contributed by atoms with van der Waals surface area (Å²) in [6.45, 7) is 4.30. The first kappa shape index (κ1) is 46.4. The van der Waals surface area contributed by atoms with Crippen molar-refractivity contribution in [2.24, 2.45) is 0 Å². The van der Waals surface area contributed by atoms with Gasteiger partial charge in [0.15, 0.2) is 0 Å². The van der Waals surface area contributed by atoms with Gasteiger partial charge in [0.25, 0.3) is 0 Å². The van der Waals surface area contributed by atoms with Gasteiger partial charge in [-0.3, -0.25) is 4.79 Å². The molecular weight excluding hydrogens is 578 g/mol. The second-order valence-electron chi connectivity index (χ2n) is 15.1. The molecule has 47 heavy (non-hydrogen) atoms. The zero-order chi connectivity index (χ0) is 34.3. The maximum atomic E-state index is 12.3. The molecule has 0 bridgehead atoms. The Morgan fingerprint density at radius 2 is 0.681 bits per heavy atom. The van der Waals surface area contributed by atoms with Crippen LogP contribution in [0.1, 0.15) is 251 Å². The molecule has 0 saturated carbocycles. The highest BCUT2D eigenvalue weighted by molar-refractivity contribution is 5.76. The minimum atomic E-state index is -0.649. The summed E-state index contributed by atoms with van der Waals surface area (Å²) >= 11 is 0. The van der Waals surface area contributed by atoms with Gasteiger partial charge in [-0.2, -0.15) is 0 Å². The number of amides is 1. The van der Waals surface area contributed by atoms with Gasteiger partial charge in [0.1, 0.15) is 0 Å². The molecule has 2 atom stereocenters. The van der Waals surface area contributed by atoms with Gasteiger partial charge >= 0.3 is 0 Å². The zero-order valence-corrected chi connectivity index (χ0v) is 32.3. The van der Waals surface area contributed by atoms with Crippen LogP contribution in [0.15, 0.2) is 0 Å². The van der Waals surface area contributed by atoms with E-state index in [9.17, 15) is 15.0 Å². The number of carbonyl (C=O) groups is 1. The number of aliphatic hydroxyl groups is 2. The lowest BCUT2D eigenvalue weighted by Gasteiger charge is -2.22. The number of unbranched alkanes of at least 4 members (excludes halogenated alkanes) is 33. The maximum Gasteiger partial charge on any atom is 0.220 e. The van der Waals surface area contributed by atoms with Crippen molar-refractivity contribution in [1.82, 2.24) is 5.32 Å². The largest absolute Gasteiger partial charge is 0.394 e. The molecule has 0 rings (SSSR count). The molecule has 0 saturated heterocycles. The van der Waals surface area contributed by atoms with Crippen LogP contribution in [0.3, 0.4) is 0 Å². The maximum absolute atomic E-state index is 12.3. The van der Waals surface area contributed by atoms with Crippen LogP contribution < -0.4 is 5.32 Å². The fourth-order valence-corrected chi connectivity index (χ4v) is 7.01. The highest BCUT2D eigenvalue weighted by Crippen LogP contribution is 2.17. The molecule has 0 aromatic heterocycles. The van der Waals surface area contributed by atoms with Gasteiger partial charge in [-0.05, 0) is 12.8 Å². The monoisotopic (exact) mass is 666 g/mol. The Morgan fingerprint density at radius 3 is 0.957 bits per heavy atom. The summed E-state index contributed by atoms with van der Waals surface area (Å²) in [6.07, 6.45) is 48.1. The molecule has 0 heterocycles. The zero-order valence-electron chi connectivity index (χ0n) is 32.3. The van der Waals surface area contributed by atoms with Crippen molar-refractivity contribution in [3.8, 4) is 0 Å². The molecule has 282 valence electrons. The van der Waals surface area contributed by atoms with E-state index in [0.29, 0.717) is 12.8 Å². The summed E-state index contributed by atoms with van der Waals surface area (Å²) < 4.78 is 0. The Hall–Kier alpha value is -0.610. The van der Waals surface area contributed by atoms with E-state index in [1.807, 2.05) is 0 Å². The van der Waals surface area contributed by atoms with E-state index in [1.54, 1.807) is 0 Å². The molecule has 4 heteroatoms. The summed E-state index contributed by atoms with van der Waals surface area (Å²) in [5.74, 6) is -0.0331.